The molecule has 1 aromatic carbocycles. The lowest BCUT2D eigenvalue weighted by molar-refractivity contribution is -0.148. The number of aliphatic hydroxyl groups excluding tert-OH is 2. The van der Waals surface area contributed by atoms with Crippen molar-refractivity contribution in [1.29, 1.82) is 0 Å². The summed E-state index contributed by atoms with van der Waals surface area (Å²) in [4.78, 5) is 58.5. The van der Waals surface area contributed by atoms with Crippen LogP contribution in [-0.4, -0.2) is 113 Å². The fourth-order valence-electron chi connectivity index (χ4n) is 8.55. The van der Waals surface area contributed by atoms with Crippen molar-refractivity contribution in [2.24, 2.45) is 23.0 Å². The molecule has 4 atom stereocenters. The molecule has 13 nitrogen and oxygen atoms in total. The molecule has 4 aliphatic carbocycles. The van der Waals surface area contributed by atoms with Crippen LogP contribution in [0.15, 0.2) is 28.7 Å². The van der Waals surface area contributed by atoms with E-state index in [1.807, 2.05) is 0 Å². The molecular weight excluding hydrogens is 594 g/mol. The quantitative estimate of drug-likeness (QED) is 0.195. The Labute approximate surface area is 267 Å². The highest BCUT2D eigenvalue weighted by atomic mass is 16.3. The van der Waals surface area contributed by atoms with Crippen LogP contribution in [0.25, 0.3) is 0 Å². The number of allylic oxidation sites excluding steroid dienone is 1. The molecule has 1 saturated carbocycles. The molecule has 1 aromatic rings. The number of carbonyl (C=O) groups excluding carboxylic acids is 4. The van der Waals surface area contributed by atoms with Crippen LogP contribution in [0.5, 0.6) is 5.75 Å². The number of fused-ring (bicyclic) bond motifs is 3. The summed E-state index contributed by atoms with van der Waals surface area (Å²) >= 11 is 0. The van der Waals surface area contributed by atoms with Crippen LogP contribution in [0.1, 0.15) is 54.4 Å². The maximum absolute atomic E-state index is 14.2. The second-order valence-electron chi connectivity index (χ2n) is 14.2. The Bertz CT molecular complexity index is 1600. The molecule has 46 heavy (non-hydrogen) atoms. The van der Waals surface area contributed by atoms with Gasteiger partial charge < -0.3 is 36.4 Å². The molecule has 1 saturated heterocycles. The number of amides is 2. The highest BCUT2D eigenvalue weighted by Crippen LogP contribution is 2.54. The van der Waals surface area contributed by atoms with Crippen molar-refractivity contribution in [3.63, 3.8) is 0 Å². The van der Waals surface area contributed by atoms with Crippen LogP contribution in [0.2, 0.25) is 0 Å². The number of likely N-dealkylation sites (tertiary alicyclic amines) is 1. The van der Waals surface area contributed by atoms with Crippen molar-refractivity contribution < 1.29 is 39.6 Å². The molecule has 248 valence electrons. The highest BCUT2D eigenvalue weighted by molar-refractivity contribution is 6.25. The fraction of sp³-hybridized carbons (Fsp3) is 0.576. The molecular formula is C33H43N5O8. The lowest BCUT2D eigenvalue weighted by Gasteiger charge is -2.50. The van der Waals surface area contributed by atoms with Gasteiger partial charge in [0.25, 0.3) is 5.91 Å². The van der Waals surface area contributed by atoms with E-state index in [0.29, 0.717) is 16.7 Å². The zero-order chi connectivity index (χ0) is 33.5. The number of likely N-dealkylation sites (N-methyl/N-ethyl adjacent to an activating group) is 1. The third-order valence-corrected chi connectivity index (χ3v) is 11.2. The van der Waals surface area contributed by atoms with Crippen LogP contribution >= 0.6 is 0 Å². The van der Waals surface area contributed by atoms with Crippen molar-refractivity contribution in [3.8, 4) is 5.75 Å². The largest absolute Gasteiger partial charge is 0.510 e. The lowest BCUT2D eigenvalue weighted by Crippen LogP contribution is -2.63. The normalized spacial score (nSPS) is 28.9. The molecule has 1 aliphatic heterocycles. The van der Waals surface area contributed by atoms with Gasteiger partial charge in [-0.2, -0.15) is 0 Å². The molecule has 5 aliphatic rings. The Balaban J connectivity index is 1.36. The van der Waals surface area contributed by atoms with Gasteiger partial charge >= 0.3 is 0 Å². The van der Waals surface area contributed by atoms with E-state index in [0.717, 1.165) is 25.9 Å². The van der Waals surface area contributed by atoms with Crippen LogP contribution < -0.4 is 16.0 Å². The molecule has 2 fully saturated rings. The number of aromatic hydroxyl groups is 1. The van der Waals surface area contributed by atoms with Gasteiger partial charge in [-0.25, -0.2) is 0 Å². The van der Waals surface area contributed by atoms with E-state index in [2.05, 4.69) is 10.2 Å². The number of nitrogens with two attached hydrogens (primary N) is 1. The van der Waals surface area contributed by atoms with E-state index in [1.54, 1.807) is 39.2 Å². The number of anilines is 2. The minimum atomic E-state index is -2.72. The second kappa shape index (κ2) is 11.1. The summed E-state index contributed by atoms with van der Waals surface area (Å²) in [7, 11) is 6.71. The van der Waals surface area contributed by atoms with Crippen molar-refractivity contribution in [2.75, 3.05) is 58.0 Å². The number of phenols is 1. The van der Waals surface area contributed by atoms with Crippen molar-refractivity contribution in [1.82, 2.24) is 9.80 Å². The van der Waals surface area contributed by atoms with Crippen LogP contribution in [0.4, 0.5) is 11.4 Å². The SMILES string of the molecule is CN(C)c1cc(NC(=O)CN2CCC3(CCC3)CC2)c(O)c2c1C[C@H]1C[C@H]3[C@H](N(C)C)C(O)=C(C(N)=O)C(=O)[C@@]3(O)C(O)=C1C2=O. The first kappa shape index (κ1) is 32.0. The van der Waals surface area contributed by atoms with Gasteiger partial charge in [0.2, 0.25) is 11.7 Å². The molecule has 6 rings (SSSR count). The van der Waals surface area contributed by atoms with E-state index in [1.165, 1.54) is 24.2 Å². The Morgan fingerprint density at radius 3 is 2.26 bits per heavy atom. The summed E-state index contributed by atoms with van der Waals surface area (Å²) in [5, 5.41) is 48.6. The van der Waals surface area contributed by atoms with E-state index in [9.17, 15) is 39.6 Å². The zero-order valence-electron chi connectivity index (χ0n) is 26.7. The standard InChI is InChI=1S/C33H43N5O8/c1-36(2)20-14-19(35-21(39)15-38-10-8-32(9-11-38)6-5-7-32)26(40)23-17(20)12-16-13-18-25(37(3)4)28(42)24(31(34)45)30(44)33(18,46)29(43)22(16)27(23)41/h14,16,18,25,40,42-43,46H,5-13,15H2,1-4H3,(H2,34,45)(H,35,39)/t16-,18-,25-,33-/m0/s1. The first-order valence-electron chi connectivity index (χ1n) is 15.8. The van der Waals surface area contributed by atoms with Crippen LogP contribution in [0, 0.1) is 17.3 Å². The molecule has 0 aromatic heterocycles. The summed E-state index contributed by atoms with van der Waals surface area (Å²) in [6, 6.07) is 0.552. The number of carbonyl (C=O) groups is 4. The molecule has 13 heteroatoms. The van der Waals surface area contributed by atoms with E-state index < -0.39 is 63.8 Å². The van der Waals surface area contributed by atoms with Gasteiger partial charge in [-0.15, -0.1) is 0 Å². The van der Waals surface area contributed by atoms with Crippen molar-refractivity contribution >= 4 is 34.8 Å². The molecule has 7 N–H and O–H groups in total. The Hall–Kier alpha value is -3.94. The number of phenolic OH excluding ortho intramolecular Hbond substituents is 1. The van der Waals surface area contributed by atoms with E-state index >= 15 is 0 Å². The molecule has 0 radical (unpaired) electrons. The number of hydrogen-bond donors (Lipinski definition) is 6. The number of piperidine rings is 1. The average Bonchev–Trinajstić information content (AvgIpc) is 2.95. The van der Waals surface area contributed by atoms with E-state index in [-0.39, 0.29) is 42.1 Å². The second-order valence-corrected chi connectivity index (χ2v) is 14.2. The molecule has 0 unspecified atom stereocenters. The first-order chi connectivity index (χ1) is 21.6. The molecule has 1 spiro atoms. The third-order valence-electron chi connectivity index (χ3n) is 11.2. The molecule has 1 heterocycles. The number of nitrogens with zero attached hydrogens (tertiary/aromatic N) is 3. The van der Waals surface area contributed by atoms with Crippen molar-refractivity contribution in [3.05, 3.63) is 39.9 Å². The van der Waals surface area contributed by atoms with Gasteiger partial charge in [0, 0.05) is 31.3 Å². The van der Waals surface area contributed by atoms with Crippen LogP contribution in [-0.2, 0) is 20.8 Å². The minimum absolute atomic E-state index is 0.00496. The predicted molar refractivity (Wildman–Crippen MR) is 169 cm³/mol. The zero-order valence-corrected chi connectivity index (χ0v) is 26.7. The number of rotatable bonds is 6. The summed E-state index contributed by atoms with van der Waals surface area (Å²) in [6.07, 6.45) is 6.03. The lowest BCUT2D eigenvalue weighted by atomic mass is 9.58. The van der Waals surface area contributed by atoms with Crippen LogP contribution in [0.3, 0.4) is 0 Å². The van der Waals surface area contributed by atoms with E-state index in [4.69, 9.17) is 5.73 Å². The number of primary amides is 1. The van der Waals surface area contributed by atoms with Gasteiger partial charge in [-0.05, 0) is 88.7 Å². The number of aliphatic hydroxyl groups is 3. The smallest absolute Gasteiger partial charge is 0.255 e. The maximum atomic E-state index is 14.2. The predicted octanol–water partition coefficient (Wildman–Crippen LogP) is 1.39. The van der Waals surface area contributed by atoms with Gasteiger partial charge in [-0.1, -0.05) is 6.42 Å². The highest BCUT2D eigenvalue weighted by Gasteiger charge is 2.63. The number of benzene rings is 1. The summed E-state index contributed by atoms with van der Waals surface area (Å²) in [5.74, 6) is -7.53. The summed E-state index contributed by atoms with van der Waals surface area (Å²) < 4.78 is 0. The number of ketones is 2. The Kier molecular flexibility index (Phi) is 7.72. The molecule has 2 amide bonds. The van der Waals surface area contributed by atoms with Gasteiger partial charge in [0.15, 0.2) is 17.1 Å². The topological polar surface area (TPSA) is 197 Å². The minimum Gasteiger partial charge on any atom is -0.510 e. The van der Waals surface area contributed by atoms with Gasteiger partial charge in [0.1, 0.15) is 17.1 Å². The Morgan fingerprint density at radius 2 is 1.72 bits per heavy atom. The van der Waals surface area contributed by atoms with Gasteiger partial charge in [0.05, 0.1) is 23.8 Å². The fourth-order valence-corrected chi connectivity index (χ4v) is 8.55. The number of nitrogens with one attached hydrogen (secondary N) is 1. The molecule has 0 bridgehead atoms. The summed E-state index contributed by atoms with van der Waals surface area (Å²) in [6.45, 7) is 1.78. The van der Waals surface area contributed by atoms with Crippen molar-refractivity contribution in [2.45, 2.75) is 56.6 Å². The number of hydrogen-bond acceptors (Lipinski definition) is 11. The maximum Gasteiger partial charge on any atom is 0.255 e. The summed E-state index contributed by atoms with van der Waals surface area (Å²) in [5.41, 5.74) is 2.97. The number of Topliss-reactive ketones (excluding diaryl/α,β-unsaturated/α-hetero) is 2. The Morgan fingerprint density at radius 1 is 1.07 bits per heavy atom. The monoisotopic (exact) mass is 637 g/mol. The van der Waals surface area contributed by atoms with Gasteiger partial charge in [-0.3, -0.25) is 29.0 Å². The first-order valence-corrected chi connectivity index (χ1v) is 15.8. The average molecular weight is 638 g/mol. The third kappa shape index (κ3) is 4.70.